The van der Waals surface area contributed by atoms with Crippen LogP contribution >= 0.6 is 23.1 Å². The normalized spacial score (nSPS) is 13.9. The summed E-state index contributed by atoms with van der Waals surface area (Å²) < 4.78 is 5.66. The molecule has 1 saturated heterocycles. The highest BCUT2D eigenvalue weighted by molar-refractivity contribution is 8.01. The van der Waals surface area contributed by atoms with Gasteiger partial charge in [-0.2, -0.15) is 0 Å². The van der Waals surface area contributed by atoms with Crippen LogP contribution in [0.5, 0.6) is 0 Å². The van der Waals surface area contributed by atoms with Crippen molar-refractivity contribution in [3.8, 4) is 0 Å². The average Bonchev–Trinajstić information content (AvgIpc) is 3.51. The van der Waals surface area contributed by atoms with E-state index in [1.54, 1.807) is 13.0 Å². The Bertz CT molecular complexity index is 1330. The van der Waals surface area contributed by atoms with E-state index < -0.39 is 0 Å². The quantitative estimate of drug-likeness (QED) is 0.405. The zero-order chi connectivity index (χ0) is 23.5. The Morgan fingerprint density at radius 2 is 1.85 bits per heavy atom. The third-order valence-electron chi connectivity index (χ3n) is 5.45. The third kappa shape index (κ3) is 5.05. The number of amides is 2. The first-order valence-electron chi connectivity index (χ1n) is 10.8. The lowest BCUT2D eigenvalue weighted by Gasteiger charge is -2.34. The molecule has 174 valence electrons. The summed E-state index contributed by atoms with van der Waals surface area (Å²) in [6, 6.07) is 15.5. The molecule has 1 aliphatic heterocycles. The smallest absolute Gasteiger partial charge is 0.253 e. The molecule has 34 heavy (non-hydrogen) atoms. The van der Waals surface area contributed by atoms with Crippen molar-refractivity contribution in [3.63, 3.8) is 0 Å². The summed E-state index contributed by atoms with van der Waals surface area (Å²) in [6.45, 7) is 4.37. The van der Waals surface area contributed by atoms with Crippen LogP contribution in [0.3, 0.4) is 0 Å². The zero-order valence-electron chi connectivity index (χ0n) is 18.4. The molecule has 0 saturated carbocycles. The molecule has 9 nitrogen and oxygen atoms in total. The molecule has 0 radical (unpaired) electrons. The molecular formula is C23H22N6O3S2. The van der Waals surface area contributed by atoms with Gasteiger partial charge in [-0.15, -0.1) is 10.2 Å². The second kappa shape index (κ2) is 9.82. The summed E-state index contributed by atoms with van der Waals surface area (Å²) >= 11 is 2.77. The predicted octanol–water partition coefficient (Wildman–Crippen LogP) is 3.68. The number of hydrogen-bond acceptors (Lipinski definition) is 9. The summed E-state index contributed by atoms with van der Waals surface area (Å²) in [5.74, 6) is 1.10. The number of thioether (sulfide) groups is 1. The van der Waals surface area contributed by atoms with Crippen molar-refractivity contribution < 1.29 is 14.1 Å². The van der Waals surface area contributed by atoms with Crippen LogP contribution in [0.2, 0.25) is 0 Å². The molecule has 2 amide bonds. The van der Waals surface area contributed by atoms with E-state index in [1.807, 2.05) is 47.4 Å². The van der Waals surface area contributed by atoms with Gasteiger partial charge in [0.05, 0.1) is 5.75 Å². The van der Waals surface area contributed by atoms with E-state index in [9.17, 15) is 9.59 Å². The fraction of sp³-hybridized carbons (Fsp3) is 0.261. The predicted molar refractivity (Wildman–Crippen MR) is 133 cm³/mol. The number of carbonyl (C=O) groups excluding carboxylic acids is 2. The van der Waals surface area contributed by atoms with Gasteiger partial charge in [-0.1, -0.05) is 58.6 Å². The summed E-state index contributed by atoms with van der Waals surface area (Å²) in [6.07, 6.45) is 0. The highest BCUT2D eigenvalue weighted by Crippen LogP contribution is 2.29. The zero-order valence-corrected chi connectivity index (χ0v) is 20.1. The Morgan fingerprint density at radius 3 is 2.62 bits per heavy atom. The van der Waals surface area contributed by atoms with Crippen molar-refractivity contribution in [2.75, 3.05) is 42.1 Å². The number of nitrogens with zero attached hydrogens (tertiary/aromatic N) is 5. The Kier molecular flexibility index (Phi) is 6.45. The maximum Gasteiger partial charge on any atom is 0.253 e. The summed E-state index contributed by atoms with van der Waals surface area (Å²) in [5.41, 5.74) is 0.709. The molecule has 0 bridgehead atoms. The van der Waals surface area contributed by atoms with Crippen LogP contribution in [0.25, 0.3) is 10.8 Å². The van der Waals surface area contributed by atoms with Gasteiger partial charge in [-0.3, -0.25) is 9.59 Å². The minimum absolute atomic E-state index is 0.0484. The van der Waals surface area contributed by atoms with E-state index in [-0.39, 0.29) is 17.6 Å². The van der Waals surface area contributed by atoms with Gasteiger partial charge in [0, 0.05) is 37.8 Å². The van der Waals surface area contributed by atoms with Crippen LogP contribution in [0, 0.1) is 6.92 Å². The molecule has 3 heterocycles. The molecule has 0 spiro atoms. The largest absolute Gasteiger partial charge is 0.360 e. The Morgan fingerprint density at radius 1 is 1.06 bits per heavy atom. The number of piperazine rings is 1. The fourth-order valence-electron chi connectivity index (χ4n) is 3.73. The van der Waals surface area contributed by atoms with Crippen LogP contribution in [0.4, 0.5) is 10.9 Å². The molecule has 0 unspecified atom stereocenters. The van der Waals surface area contributed by atoms with Gasteiger partial charge in [-0.05, 0) is 29.8 Å². The number of carbonyl (C=O) groups is 2. The second-order valence-electron chi connectivity index (χ2n) is 7.85. The number of anilines is 2. The molecule has 5 rings (SSSR count). The number of aryl methyl sites for hydroxylation is 1. The highest BCUT2D eigenvalue weighted by Gasteiger charge is 2.24. The lowest BCUT2D eigenvalue weighted by atomic mass is 10.1. The second-order valence-corrected chi connectivity index (χ2v) is 10.0. The van der Waals surface area contributed by atoms with Crippen LogP contribution in [-0.4, -0.2) is 64.0 Å². The topological polar surface area (TPSA) is 104 Å². The van der Waals surface area contributed by atoms with E-state index in [0.717, 1.165) is 20.2 Å². The van der Waals surface area contributed by atoms with Crippen molar-refractivity contribution in [3.05, 3.63) is 59.9 Å². The van der Waals surface area contributed by atoms with Crippen LogP contribution in [-0.2, 0) is 4.79 Å². The highest BCUT2D eigenvalue weighted by atomic mass is 32.2. The van der Waals surface area contributed by atoms with E-state index in [1.165, 1.54) is 23.1 Å². The SMILES string of the molecule is Cc1cc(NC(=O)CSc2nnc(N3CCN(C(=O)c4ccc5ccccc5c4)CC3)s2)no1. The van der Waals surface area contributed by atoms with Gasteiger partial charge in [0.2, 0.25) is 11.0 Å². The Labute approximate surface area is 204 Å². The summed E-state index contributed by atoms with van der Waals surface area (Å²) in [4.78, 5) is 29.1. The first-order valence-corrected chi connectivity index (χ1v) is 12.6. The van der Waals surface area contributed by atoms with Gasteiger partial charge >= 0.3 is 0 Å². The van der Waals surface area contributed by atoms with E-state index in [2.05, 4.69) is 25.6 Å². The van der Waals surface area contributed by atoms with Crippen molar-refractivity contribution in [1.82, 2.24) is 20.3 Å². The minimum Gasteiger partial charge on any atom is -0.360 e. The molecular weight excluding hydrogens is 472 g/mol. The van der Waals surface area contributed by atoms with Crippen LogP contribution in [0.15, 0.2) is 57.4 Å². The molecule has 0 aliphatic carbocycles. The van der Waals surface area contributed by atoms with Gasteiger partial charge in [0.1, 0.15) is 5.76 Å². The van der Waals surface area contributed by atoms with Gasteiger partial charge in [-0.25, -0.2) is 0 Å². The average molecular weight is 495 g/mol. The molecule has 4 aromatic rings. The number of fused-ring (bicyclic) bond motifs is 1. The number of nitrogens with one attached hydrogen (secondary N) is 1. The first kappa shape index (κ1) is 22.4. The Hall–Kier alpha value is -3.44. The monoisotopic (exact) mass is 494 g/mol. The van der Waals surface area contributed by atoms with E-state index >= 15 is 0 Å². The van der Waals surface area contributed by atoms with Crippen molar-refractivity contribution in [2.24, 2.45) is 0 Å². The molecule has 0 atom stereocenters. The Balaban J connectivity index is 1.13. The minimum atomic E-state index is -0.184. The number of rotatable bonds is 6. The number of aromatic nitrogens is 3. The standard InChI is InChI=1S/C23H22N6O3S2/c1-15-12-19(27-32-15)24-20(30)14-33-23-26-25-22(34-23)29-10-8-28(9-11-29)21(31)18-7-6-16-4-2-3-5-17(16)13-18/h2-7,12-13H,8-11,14H2,1H3,(H,24,27,30). The molecule has 2 aromatic carbocycles. The van der Waals surface area contributed by atoms with Crippen molar-refractivity contribution >= 4 is 56.6 Å². The van der Waals surface area contributed by atoms with Crippen molar-refractivity contribution in [1.29, 1.82) is 0 Å². The maximum atomic E-state index is 13.0. The molecule has 11 heteroatoms. The van der Waals surface area contributed by atoms with E-state index in [4.69, 9.17) is 4.52 Å². The number of hydrogen-bond donors (Lipinski definition) is 1. The first-order chi connectivity index (χ1) is 16.5. The third-order valence-corrected chi connectivity index (χ3v) is 7.57. The summed E-state index contributed by atoms with van der Waals surface area (Å²) in [7, 11) is 0. The fourth-order valence-corrected chi connectivity index (χ4v) is 5.42. The lowest BCUT2D eigenvalue weighted by molar-refractivity contribution is -0.113. The van der Waals surface area contributed by atoms with Gasteiger partial charge in [0.15, 0.2) is 10.2 Å². The summed E-state index contributed by atoms with van der Waals surface area (Å²) in [5, 5.41) is 17.9. The van der Waals surface area contributed by atoms with Crippen LogP contribution in [0.1, 0.15) is 16.1 Å². The number of benzene rings is 2. The van der Waals surface area contributed by atoms with Gasteiger partial charge in [0.25, 0.3) is 5.91 Å². The van der Waals surface area contributed by atoms with Gasteiger partial charge < -0.3 is 19.6 Å². The maximum absolute atomic E-state index is 13.0. The molecule has 1 N–H and O–H groups in total. The molecule has 1 aliphatic rings. The molecule has 2 aromatic heterocycles. The van der Waals surface area contributed by atoms with E-state index in [0.29, 0.717) is 43.3 Å². The molecule has 1 fully saturated rings. The lowest BCUT2D eigenvalue weighted by Crippen LogP contribution is -2.48. The van der Waals surface area contributed by atoms with Crippen LogP contribution < -0.4 is 10.2 Å². The van der Waals surface area contributed by atoms with Crippen molar-refractivity contribution in [2.45, 2.75) is 11.3 Å².